The van der Waals surface area contributed by atoms with Crippen molar-refractivity contribution in [2.45, 2.75) is 40.2 Å². The van der Waals surface area contributed by atoms with Crippen molar-refractivity contribution in [1.82, 2.24) is 4.90 Å². The third-order valence-electron chi connectivity index (χ3n) is 5.98. The molecular formula is C25H29NO4. The van der Waals surface area contributed by atoms with Crippen molar-refractivity contribution < 1.29 is 19.4 Å². The number of fused-ring (bicyclic) bond motifs is 1. The number of benzene rings is 2. The molecule has 158 valence electrons. The summed E-state index contributed by atoms with van der Waals surface area (Å²) in [6.07, 6.45) is 4.03. The Morgan fingerprint density at radius 2 is 2.00 bits per heavy atom. The molecule has 0 spiro atoms. The van der Waals surface area contributed by atoms with E-state index in [1.807, 2.05) is 38.1 Å². The lowest BCUT2D eigenvalue weighted by molar-refractivity contribution is 0.101. The maximum absolute atomic E-state index is 13.2. The molecule has 0 bridgehead atoms. The Bertz CT molecular complexity index is 987. The van der Waals surface area contributed by atoms with Crippen molar-refractivity contribution in [3.63, 3.8) is 0 Å². The summed E-state index contributed by atoms with van der Waals surface area (Å²) in [7, 11) is 0. The third kappa shape index (κ3) is 3.94. The van der Waals surface area contributed by atoms with Gasteiger partial charge in [-0.25, -0.2) is 0 Å². The number of carbonyl (C=O) groups excluding carboxylic acids is 1. The molecule has 4 rings (SSSR count). The van der Waals surface area contributed by atoms with Gasteiger partial charge in [0, 0.05) is 12.1 Å². The predicted molar refractivity (Wildman–Crippen MR) is 117 cm³/mol. The Morgan fingerprint density at radius 3 is 2.73 bits per heavy atom. The van der Waals surface area contributed by atoms with Gasteiger partial charge < -0.3 is 14.6 Å². The van der Waals surface area contributed by atoms with E-state index in [4.69, 9.17) is 9.47 Å². The average molecular weight is 408 g/mol. The molecule has 2 aliphatic heterocycles. The molecule has 0 atom stereocenters. The monoisotopic (exact) mass is 407 g/mol. The van der Waals surface area contributed by atoms with Gasteiger partial charge in [-0.1, -0.05) is 25.1 Å². The van der Waals surface area contributed by atoms with Gasteiger partial charge in [0.05, 0.1) is 17.7 Å². The number of hydrogen-bond donors (Lipinski definition) is 1. The predicted octanol–water partition coefficient (Wildman–Crippen LogP) is 4.95. The summed E-state index contributed by atoms with van der Waals surface area (Å²) in [5.74, 6) is 2.24. The Kier molecular flexibility index (Phi) is 5.82. The normalized spacial score (nSPS) is 18.5. The van der Waals surface area contributed by atoms with Crippen molar-refractivity contribution in [1.29, 1.82) is 0 Å². The van der Waals surface area contributed by atoms with Gasteiger partial charge in [-0.3, -0.25) is 9.69 Å². The molecule has 0 amide bonds. The number of nitrogens with zero attached hydrogens (tertiary/aromatic N) is 1. The van der Waals surface area contributed by atoms with Crippen LogP contribution in [0.1, 0.15) is 53.7 Å². The fourth-order valence-corrected chi connectivity index (χ4v) is 4.20. The van der Waals surface area contributed by atoms with E-state index in [0.717, 1.165) is 43.0 Å². The van der Waals surface area contributed by atoms with E-state index in [0.29, 0.717) is 35.8 Å². The molecule has 0 aliphatic carbocycles. The second-order valence-electron chi connectivity index (χ2n) is 8.26. The van der Waals surface area contributed by atoms with Crippen LogP contribution in [0.2, 0.25) is 0 Å². The second kappa shape index (κ2) is 8.52. The van der Waals surface area contributed by atoms with E-state index in [9.17, 15) is 9.90 Å². The number of hydrogen-bond acceptors (Lipinski definition) is 5. The van der Waals surface area contributed by atoms with Crippen molar-refractivity contribution in [3.05, 3.63) is 58.3 Å². The number of phenolic OH excluding ortho intramolecular Hbond substituents is 1. The molecule has 1 fully saturated rings. The van der Waals surface area contributed by atoms with Crippen LogP contribution in [0.4, 0.5) is 0 Å². The zero-order valence-corrected chi connectivity index (χ0v) is 17.9. The molecule has 5 heteroatoms. The molecule has 2 aliphatic rings. The number of ether oxygens (including phenoxy) is 2. The van der Waals surface area contributed by atoms with Crippen molar-refractivity contribution >= 4 is 11.9 Å². The minimum Gasteiger partial charge on any atom is -0.507 e. The Morgan fingerprint density at radius 1 is 1.27 bits per heavy atom. The number of ketones is 1. The molecule has 0 radical (unpaired) electrons. The van der Waals surface area contributed by atoms with Gasteiger partial charge in [0.2, 0.25) is 5.78 Å². The summed E-state index contributed by atoms with van der Waals surface area (Å²) in [5.41, 5.74) is 2.77. The average Bonchev–Trinajstić information content (AvgIpc) is 3.05. The summed E-state index contributed by atoms with van der Waals surface area (Å²) < 4.78 is 11.8. The number of likely N-dealkylation sites (tertiary alicyclic amines) is 1. The highest BCUT2D eigenvalue weighted by molar-refractivity contribution is 6.16. The van der Waals surface area contributed by atoms with E-state index in [-0.39, 0.29) is 17.3 Å². The molecule has 2 aromatic carbocycles. The lowest BCUT2D eigenvalue weighted by Gasteiger charge is -2.30. The Labute approximate surface area is 177 Å². The van der Waals surface area contributed by atoms with Gasteiger partial charge in [0.25, 0.3) is 0 Å². The second-order valence-corrected chi connectivity index (χ2v) is 8.26. The zero-order chi connectivity index (χ0) is 21.3. The van der Waals surface area contributed by atoms with Crippen LogP contribution in [-0.2, 0) is 6.54 Å². The van der Waals surface area contributed by atoms with Crippen molar-refractivity contribution in [2.24, 2.45) is 5.92 Å². The van der Waals surface area contributed by atoms with Gasteiger partial charge in [-0.05, 0) is 69.5 Å². The molecule has 2 aromatic rings. The van der Waals surface area contributed by atoms with Crippen molar-refractivity contribution in [2.75, 3.05) is 19.7 Å². The third-order valence-corrected chi connectivity index (χ3v) is 5.98. The highest BCUT2D eigenvalue weighted by atomic mass is 16.5. The number of aromatic hydroxyl groups is 1. The summed E-state index contributed by atoms with van der Waals surface area (Å²) in [4.78, 5) is 15.5. The van der Waals surface area contributed by atoms with Crippen LogP contribution in [0, 0.1) is 12.8 Å². The van der Waals surface area contributed by atoms with Crippen LogP contribution in [0.3, 0.4) is 0 Å². The quantitative estimate of drug-likeness (QED) is 0.711. The summed E-state index contributed by atoms with van der Waals surface area (Å²) >= 11 is 0. The molecule has 0 saturated carbocycles. The first kappa shape index (κ1) is 20.5. The van der Waals surface area contributed by atoms with Crippen LogP contribution in [-0.4, -0.2) is 35.5 Å². The van der Waals surface area contributed by atoms with E-state index >= 15 is 0 Å². The van der Waals surface area contributed by atoms with Crippen molar-refractivity contribution in [3.8, 4) is 17.2 Å². The SMILES string of the molecule is CCOc1ccccc1/C=C1\Oc2c(CN3CCC(C)CC3)c(O)cc(C)c2C1=O. The number of piperidine rings is 1. The lowest BCUT2D eigenvalue weighted by Crippen LogP contribution is -2.32. The molecule has 0 unspecified atom stereocenters. The van der Waals surface area contributed by atoms with E-state index in [1.54, 1.807) is 12.1 Å². The highest BCUT2D eigenvalue weighted by Crippen LogP contribution is 2.43. The molecule has 1 N–H and O–H groups in total. The van der Waals surface area contributed by atoms with Crippen LogP contribution in [0.25, 0.3) is 6.08 Å². The molecule has 0 aromatic heterocycles. The lowest BCUT2D eigenvalue weighted by atomic mass is 9.96. The number of phenols is 1. The number of rotatable bonds is 5. The minimum atomic E-state index is -0.151. The summed E-state index contributed by atoms with van der Waals surface area (Å²) in [5, 5.41) is 10.7. The fourth-order valence-electron chi connectivity index (χ4n) is 4.20. The van der Waals surface area contributed by atoms with Crippen LogP contribution < -0.4 is 9.47 Å². The minimum absolute atomic E-state index is 0.151. The maximum Gasteiger partial charge on any atom is 0.232 e. The van der Waals surface area contributed by atoms with E-state index < -0.39 is 0 Å². The number of Topliss-reactive ketones (excluding diaryl/α,β-unsaturated/α-hetero) is 1. The number of para-hydroxylation sites is 1. The zero-order valence-electron chi connectivity index (χ0n) is 17.9. The van der Waals surface area contributed by atoms with Gasteiger partial charge in [-0.2, -0.15) is 0 Å². The summed E-state index contributed by atoms with van der Waals surface area (Å²) in [6.45, 7) is 9.14. The molecule has 2 heterocycles. The maximum atomic E-state index is 13.2. The Balaban J connectivity index is 1.68. The largest absolute Gasteiger partial charge is 0.507 e. The standard InChI is InChI=1S/C25H29NO4/c1-4-29-21-8-6-5-7-18(21)14-22-24(28)23-17(3)13-20(27)19(25(23)30-22)15-26-11-9-16(2)10-12-26/h5-8,13-14,16,27H,4,9-12,15H2,1-3H3/b22-14-. The van der Waals surface area contributed by atoms with E-state index in [1.165, 1.54) is 0 Å². The molecule has 30 heavy (non-hydrogen) atoms. The van der Waals surface area contributed by atoms with E-state index in [2.05, 4.69) is 11.8 Å². The van der Waals surface area contributed by atoms with Crippen LogP contribution in [0.15, 0.2) is 36.1 Å². The molecular weight excluding hydrogens is 378 g/mol. The highest BCUT2D eigenvalue weighted by Gasteiger charge is 2.34. The smallest absolute Gasteiger partial charge is 0.232 e. The number of aryl methyl sites for hydroxylation is 1. The van der Waals surface area contributed by atoms with Crippen LogP contribution in [0.5, 0.6) is 17.2 Å². The topological polar surface area (TPSA) is 59.0 Å². The summed E-state index contributed by atoms with van der Waals surface area (Å²) in [6, 6.07) is 9.26. The van der Waals surface area contributed by atoms with Crippen LogP contribution >= 0.6 is 0 Å². The van der Waals surface area contributed by atoms with Gasteiger partial charge in [0.15, 0.2) is 5.76 Å². The molecule has 1 saturated heterocycles. The number of allylic oxidation sites excluding steroid dienone is 1. The first-order valence-electron chi connectivity index (χ1n) is 10.7. The first-order chi connectivity index (χ1) is 14.5. The van der Waals surface area contributed by atoms with Gasteiger partial charge >= 0.3 is 0 Å². The van der Waals surface area contributed by atoms with Gasteiger partial charge in [-0.15, -0.1) is 0 Å². The first-order valence-corrected chi connectivity index (χ1v) is 10.7. The molecule has 5 nitrogen and oxygen atoms in total. The fraction of sp³-hybridized carbons (Fsp3) is 0.400. The number of carbonyl (C=O) groups is 1. The Hall–Kier alpha value is -2.79. The van der Waals surface area contributed by atoms with Gasteiger partial charge in [0.1, 0.15) is 17.2 Å².